The zero-order valence-corrected chi connectivity index (χ0v) is 13.3. The van der Waals surface area contributed by atoms with Gasteiger partial charge in [0.15, 0.2) is 0 Å². The van der Waals surface area contributed by atoms with Gasteiger partial charge in [-0.05, 0) is 45.9 Å². The normalized spacial score (nSPS) is 17.3. The van der Waals surface area contributed by atoms with Crippen LogP contribution < -0.4 is 10.2 Å². The highest BCUT2D eigenvalue weighted by Gasteiger charge is 2.18. The third-order valence-electron chi connectivity index (χ3n) is 3.47. The minimum atomic E-state index is 0.0471. The first-order valence-electron chi connectivity index (χ1n) is 7.70. The predicted octanol–water partition coefficient (Wildman–Crippen LogP) is 2.82. The number of hydrogen-bond acceptors (Lipinski definition) is 4. The number of nitrogens with one attached hydrogen (secondary N) is 1. The second-order valence-electron chi connectivity index (χ2n) is 6.58. The van der Waals surface area contributed by atoms with Crippen LogP contribution >= 0.6 is 0 Å². The summed E-state index contributed by atoms with van der Waals surface area (Å²) in [5.41, 5.74) is 0.0471. The fourth-order valence-electron chi connectivity index (χ4n) is 2.57. The molecule has 20 heavy (non-hydrogen) atoms. The molecule has 0 atom stereocenters. The van der Waals surface area contributed by atoms with Gasteiger partial charge in [0, 0.05) is 31.7 Å². The molecule has 1 fully saturated rings. The van der Waals surface area contributed by atoms with Gasteiger partial charge in [0.1, 0.15) is 11.6 Å². The quantitative estimate of drug-likeness (QED) is 0.916. The summed E-state index contributed by atoms with van der Waals surface area (Å²) in [6.45, 7) is 14.4. The maximum atomic E-state index is 4.75. The Kier molecular flexibility index (Phi) is 4.86. The minimum absolute atomic E-state index is 0.0471. The van der Waals surface area contributed by atoms with Crippen LogP contribution in [0.2, 0.25) is 0 Å². The minimum Gasteiger partial charge on any atom is -0.365 e. The lowest BCUT2D eigenvalue weighted by molar-refractivity contribution is 0.258. The Morgan fingerprint density at radius 1 is 1.15 bits per heavy atom. The van der Waals surface area contributed by atoms with E-state index < -0.39 is 0 Å². The Bertz CT molecular complexity index is 417. The molecule has 2 rings (SSSR count). The molecule has 1 aliphatic heterocycles. The number of aromatic nitrogens is 1. The summed E-state index contributed by atoms with van der Waals surface area (Å²) in [5.74, 6) is 2.06. The van der Waals surface area contributed by atoms with Crippen LogP contribution in [0.5, 0.6) is 0 Å². The van der Waals surface area contributed by atoms with Crippen molar-refractivity contribution in [3.63, 3.8) is 0 Å². The van der Waals surface area contributed by atoms with Crippen LogP contribution in [0.4, 0.5) is 11.6 Å². The molecule has 0 saturated carbocycles. The van der Waals surface area contributed by atoms with Crippen LogP contribution in [0.15, 0.2) is 18.2 Å². The lowest BCUT2D eigenvalue weighted by Gasteiger charge is -2.35. The summed E-state index contributed by atoms with van der Waals surface area (Å²) < 4.78 is 0. The van der Waals surface area contributed by atoms with E-state index in [0.29, 0.717) is 0 Å². The number of nitrogens with zero attached hydrogens (tertiary/aromatic N) is 3. The van der Waals surface area contributed by atoms with Crippen molar-refractivity contribution >= 4 is 11.6 Å². The van der Waals surface area contributed by atoms with Crippen molar-refractivity contribution in [2.75, 3.05) is 42.9 Å². The lowest BCUT2D eigenvalue weighted by Crippen LogP contribution is -2.46. The van der Waals surface area contributed by atoms with E-state index in [1.807, 2.05) is 6.07 Å². The monoisotopic (exact) mass is 276 g/mol. The fraction of sp³-hybridized carbons (Fsp3) is 0.688. The molecule has 0 radical (unpaired) electrons. The average Bonchev–Trinajstić information content (AvgIpc) is 2.38. The molecule has 4 nitrogen and oxygen atoms in total. The third kappa shape index (κ3) is 4.37. The summed E-state index contributed by atoms with van der Waals surface area (Å²) in [6.07, 6.45) is 1.24. The van der Waals surface area contributed by atoms with Crippen molar-refractivity contribution in [3.05, 3.63) is 18.2 Å². The van der Waals surface area contributed by atoms with E-state index >= 15 is 0 Å². The van der Waals surface area contributed by atoms with Crippen LogP contribution in [0.3, 0.4) is 0 Å². The van der Waals surface area contributed by atoms with E-state index in [-0.39, 0.29) is 5.54 Å². The van der Waals surface area contributed by atoms with E-state index in [2.05, 4.69) is 54.9 Å². The lowest BCUT2D eigenvalue weighted by atomic mass is 10.1. The average molecular weight is 276 g/mol. The van der Waals surface area contributed by atoms with Crippen LogP contribution in [-0.4, -0.2) is 48.1 Å². The molecule has 0 bridgehead atoms. The molecule has 0 spiro atoms. The second kappa shape index (κ2) is 6.44. The maximum Gasteiger partial charge on any atom is 0.131 e. The SMILES string of the molecule is CCCN1CCN(c2cccc(NC(C)(C)C)n2)CC1. The topological polar surface area (TPSA) is 31.4 Å². The molecular weight excluding hydrogens is 248 g/mol. The smallest absolute Gasteiger partial charge is 0.131 e. The highest BCUT2D eigenvalue weighted by Crippen LogP contribution is 2.18. The van der Waals surface area contributed by atoms with Gasteiger partial charge in [-0.15, -0.1) is 0 Å². The van der Waals surface area contributed by atoms with Crippen LogP contribution in [0.1, 0.15) is 34.1 Å². The highest BCUT2D eigenvalue weighted by molar-refractivity contribution is 5.48. The number of anilines is 2. The van der Waals surface area contributed by atoms with Gasteiger partial charge >= 0.3 is 0 Å². The van der Waals surface area contributed by atoms with Gasteiger partial charge in [-0.1, -0.05) is 13.0 Å². The predicted molar refractivity (Wildman–Crippen MR) is 86.6 cm³/mol. The van der Waals surface area contributed by atoms with Crippen LogP contribution in [0, 0.1) is 0 Å². The van der Waals surface area contributed by atoms with Crippen LogP contribution in [0.25, 0.3) is 0 Å². The first-order chi connectivity index (χ1) is 9.48. The Hall–Kier alpha value is -1.29. The Labute approximate surface area is 123 Å². The van der Waals surface area contributed by atoms with Crippen molar-refractivity contribution in [3.8, 4) is 0 Å². The molecule has 1 aliphatic rings. The summed E-state index contributed by atoms with van der Waals surface area (Å²) >= 11 is 0. The van der Waals surface area contributed by atoms with Gasteiger partial charge in [0.25, 0.3) is 0 Å². The van der Waals surface area contributed by atoms with E-state index in [1.165, 1.54) is 13.0 Å². The Balaban J connectivity index is 1.98. The number of piperazine rings is 1. The first-order valence-corrected chi connectivity index (χ1v) is 7.70. The molecule has 1 saturated heterocycles. The number of hydrogen-bond donors (Lipinski definition) is 1. The van der Waals surface area contributed by atoms with E-state index in [9.17, 15) is 0 Å². The molecule has 1 aromatic rings. The molecule has 0 aliphatic carbocycles. The van der Waals surface area contributed by atoms with E-state index in [1.54, 1.807) is 0 Å². The zero-order valence-electron chi connectivity index (χ0n) is 13.3. The van der Waals surface area contributed by atoms with E-state index in [4.69, 9.17) is 4.98 Å². The van der Waals surface area contributed by atoms with Crippen molar-refractivity contribution in [1.29, 1.82) is 0 Å². The fourth-order valence-corrected chi connectivity index (χ4v) is 2.57. The Morgan fingerprint density at radius 3 is 2.45 bits per heavy atom. The van der Waals surface area contributed by atoms with Crippen molar-refractivity contribution < 1.29 is 0 Å². The summed E-state index contributed by atoms with van der Waals surface area (Å²) in [6, 6.07) is 6.25. The summed E-state index contributed by atoms with van der Waals surface area (Å²) in [4.78, 5) is 9.67. The van der Waals surface area contributed by atoms with Gasteiger partial charge in [-0.2, -0.15) is 0 Å². The highest BCUT2D eigenvalue weighted by atomic mass is 15.3. The van der Waals surface area contributed by atoms with Crippen LogP contribution in [-0.2, 0) is 0 Å². The Morgan fingerprint density at radius 2 is 1.85 bits per heavy atom. The molecule has 1 aromatic heterocycles. The molecule has 112 valence electrons. The van der Waals surface area contributed by atoms with Gasteiger partial charge in [0.2, 0.25) is 0 Å². The second-order valence-corrected chi connectivity index (χ2v) is 6.58. The summed E-state index contributed by atoms with van der Waals surface area (Å²) in [7, 11) is 0. The van der Waals surface area contributed by atoms with Crippen molar-refractivity contribution in [2.24, 2.45) is 0 Å². The first kappa shape index (κ1) is 15.1. The molecular formula is C16H28N4. The standard InChI is InChI=1S/C16H28N4/c1-5-9-19-10-12-20(13-11-19)15-8-6-7-14(17-15)18-16(2,3)4/h6-8H,5,9-13H2,1-4H3,(H,17,18). The van der Waals surface area contributed by atoms with Gasteiger partial charge in [0.05, 0.1) is 0 Å². The van der Waals surface area contributed by atoms with Gasteiger partial charge < -0.3 is 10.2 Å². The summed E-state index contributed by atoms with van der Waals surface area (Å²) in [5, 5.41) is 3.44. The molecule has 1 N–H and O–H groups in total. The molecule has 0 unspecified atom stereocenters. The van der Waals surface area contributed by atoms with Crippen molar-refractivity contribution in [1.82, 2.24) is 9.88 Å². The maximum absolute atomic E-state index is 4.75. The van der Waals surface area contributed by atoms with Gasteiger partial charge in [-0.25, -0.2) is 4.98 Å². The number of pyridine rings is 1. The molecule has 0 amide bonds. The van der Waals surface area contributed by atoms with E-state index in [0.717, 1.165) is 37.8 Å². The van der Waals surface area contributed by atoms with Gasteiger partial charge in [-0.3, -0.25) is 4.90 Å². The van der Waals surface area contributed by atoms with Crippen molar-refractivity contribution in [2.45, 2.75) is 39.7 Å². The molecule has 4 heteroatoms. The number of rotatable bonds is 4. The molecule has 2 heterocycles. The zero-order chi connectivity index (χ0) is 14.6. The third-order valence-corrected chi connectivity index (χ3v) is 3.47. The largest absolute Gasteiger partial charge is 0.365 e. The molecule has 0 aromatic carbocycles.